The average molecular weight is 281 g/mol. The lowest BCUT2D eigenvalue weighted by Gasteiger charge is -2.35. The molecule has 2 aliphatic carbocycles. The number of hydrogen-bond acceptors (Lipinski definition) is 3. The molecule has 0 aliphatic heterocycles. The van der Waals surface area contributed by atoms with Crippen LogP contribution in [-0.4, -0.2) is 5.11 Å². The molecule has 1 heterocycles. The first-order valence-corrected chi connectivity index (χ1v) is 7.73. The van der Waals surface area contributed by atoms with Crippen LogP contribution < -0.4 is 0 Å². The van der Waals surface area contributed by atoms with E-state index in [1.54, 1.807) is 0 Å². The van der Waals surface area contributed by atoms with Crippen molar-refractivity contribution < 1.29 is 9.52 Å². The van der Waals surface area contributed by atoms with E-state index in [2.05, 4.69) is 6.07 Å². The summed E-state index contributed by atoms with van der Waals surface area (Å²) >= 11 is 0. The highest BCUT2D eigenvalue weighted by molar-refractivity contribution is 5.82. The molecule has 2 saturated carbocycles. The Balaban J connectivity index is 1.85. The van der Waals surface area contributed by atoms with Crippen LogP contribution in [0.2, 0.25) is 0 Å². The second-order valence-corrected chi connectivity index (χ2v) is 6.70. The second-order valence-electron chi connectivity index (χ2n) is 6.70. The number of hydrogen-bond donors (Lipinski definition) is 1. The number of aliphatic hydroxyl groups is 1. The van der Waals surface area contributed by atoms with Crippen molar-refractivity contribution in [1.82, 2.24) is 0 Å². The summed E-state index contributed by atoms with van der Waals surface area (Å²) < 4.78 is 5.78. The summed E-state index contributed by atoms with van der Waals surface area (Å²) in [5.41, 5.74) is 0.986. The van der Waals surface area contributed by atoms with Crippen LogP contribution in [0.4, 0.5) is 0 Å². The van der Waals surface area contributed by atoms with E-state index in [0.29, 0.717) is 11.8 Å². The highest BCUT2D eigenvalue weighted by Gasteiger charge is 2.56. The van der Waals surface area contributed by atoms with Crippen molar-refractivity contribution in [3.63, 3.8) is 0 Å². The molecule has 1 aromatic carbocycles. The van der Waals surface area contributed by atoms with Gasteiger partial charge in [-0.15, -0.1) is 0 Å². The summed E-state index contributed by atoms with van der Waals surface area (Å²) in [4.78, 5) is 0. The van der Waals surface area contributed by atoms with Gasteiger partial charge in [0.2, 0.25) is 0 Å². The third kappa shape index (κ3) is 1.63. The van der Waals surface area contributed by atoms with Crippen molar-refractivity contribution >= 4 is 11.0 Å². The van der Waals surface area contributed by atoms with Gasteiger partial charge in [0.1, 0.15) is 17.4 Å². The van der Waals surface area contributed by atoms with Crippen molar-refractivity contribution in [2.75, 3.05) is 0 Å². The number of aliphatic hydroxyl groups excluding tert-OH is 1. The molecule has 0 saturated heterocycles. The van der Waals surface area contributed by atoms with E-state index < -0.39 is 11.5 Å². The highest BCUT2D eigenvalue weighted by atomic mass is 16.3. The fourth-order valence-corrected chi connectivity index (χ4v) is 4.69. The molecule has 0 amide bonds. The molecule has 2 aromatic rings. The number of fused-ring (bicyclic) bond motifs is 3. The van der Waals surface area contributed by atoms with Crippen molar-refractivity contribution in [3.8, 4) is 6.07 Å². The van der Waals surface area contributed by atoms with Crippen molar-refractivity contribution in [3.05, 3.63) is 35.6 Å². The summed E-state index contributed by atoms with van der Waals surface area (Å²) in [7, 11) is 0. The maximum absolute atomic E-state index is 11.1. The third-order valence-electron chi connectivity index (χ3n) is 5.69. The van der Waals surface area contributed by atoms with Crippen LogP contribution in [0.3, 0.4) is 0 Å². The first kappa shape index (κ1) is 12.9. The monoisotopic (exact) mass is 281 g/mol. The molecule has 3 nitrogen and oxygen atoms in total. The molecule has 0 radical (unpaired) electrons. The van der Waals surface area contributed by atoms with E-state index in [4.69, 9.17) is 4.42 Å². The maximum Gasteiger partial charge on any atom is 0.134 e. The number of benzene rings is 1. The van der Waals surface area contributed by atoms with Gasteiger partial charge >= 0.3 is 0 Å². The SMILES string of the molecule is Cc1oc2ccccc2c1C(O)C1(C#N)CC2CCC1C2. The normalized spacial score (nSPS) is 32.4. The van der Waals surface area contributed by atoms with Gasteiger partial charge in [-0.1, -0.05) is 24.6 Å². The Labute approximate surface area is 124 Å². The van der Waals surface area contributed by atoms with Crippen molar-refractivity contribution in [1.29, 1.82) is 5.26 Å². The molecule has 2 aliphatic rings. The predicted octanol–water partition coefficient (Wildman–Crippen LogP) is 4.10. The minimum atomic E-state index is -0.749. The number of nitriles is 1. The fraction of sp³-hybridized carbons (Fsp3) is 0.500. The summed E-state index contributed by atoms with van der Waals surface area (Å²) in [6.45, 7) is 1.89. The number of para-hydroxylation sites is 1. The standard InChI is InChI=1S/C18H19NO2/c1-11-16(14-4-2-3-5-15(14)21-11)17(20)18(10-19)9-12-6-7-13(18)8-12/h2-5,12-13,17,20H,6-9H2,1H3. The molecular weight excluding hydrogens is 262 g/mol. The summed E-state index contributed by atoms with van der Waals surface area (Å²) in [5, 5.41) is 21.9. The van der Waals surface area contributed by atoms with Crippen LogP contribution in [0.1, 0.15) is 43.1 Å². The fourth-order valence-electron chi connectivity index (χ4n) is 4.69. The van der Waals surface area contributed by atoms with Crippen LogP contribution in [0.5, 0.6) is 0 Å². The molecule has 2 bridgehead atoms. The number of furan rings is 1. The quantitative estimate of drug-likeness (QED) is 0.901. The molecule has 2 fully saturated rings. The Hall–Kier alpha value is -1.79. The Morgan fingerprint density at radius 3 is 2.86 bits per heavy atom. The Morgan fingerprint density at radius 2 is 2.19 bits per heavy atom. The second kappa shape index (κ2) is 4.35. The van der Waals surface area contributed by atoms with Crippen LogP contribution in [0.25, 0.3) is 11.0 Å². The van der Waals surface area contributed by atoms with Gasteiger partial charge < -0.3 is 9.52 Å². The van der Waals surface area contributed by atoms with Gasteiger partial charge in [-0.25, -0.2) is 0 Å². The van der Waals surface area contributed by atoms with Gasteiger partial charge in [-0.05, 0) is 44.1 Å². The zero-order valence-corrected chi connectivity index (χ0v) is 12.2. The molecule has 3 heteroatoms. The van der Waals surface area contributed by atoms with Gasteiger partial charge in [0, 0.05) is 10.9 Å². The molecule has 1 N–H and O–H groups in total. The third-order valence-corrected chi connectivity index (χ3v) is 5.69. The van der Waals surface area contributed by atoms with E-state index in [0.717, 1.165) is 41.6 Å². The van der Waals surface area contributed by atoms with Crippen LogP contribution in [-0.2, 0) is 0 Å². The highest BCUT2D eigenvalue weighted by Crippen LogP contribution is 2.61. The van der Waals surface area contributed by atoms with Gasteiger partial charge in [0.25, 0.3) is 0 Å². The minimum absolute atomic E-state index is 0.329. The average Bonchev–Trinajstić information content (AvgIpc) is 3.17. The molecule has 4 unspecified atom stereocenters. The maximum atomic E-state index is 11.1. The van der Waals surface area contributed by atoms with Crippen LogP contribution in [0, 0.1) is 35.5 Å². The smallest absolute Gasteiger partial charge is 0.134 e. The van der Waals surface area contributed by atoms with E-state index in [9.17, 15) is 10.4 Å². The predicted molar refractivity (Wildman–Crippen MR) is 79.4 cm³/mol. The molecule has 4 rings (SSSR count). The largest absolute Gasteiger partial charge is 0.461 e. The summed E-state index contributed by atoms with van der Waals surface area (Å²) in [6, 6.07) is 10.3. The van der Waals surface area contributed by atoms with Gasteiger partial charge in [0.05, 0.1) is 11.5 Å². The minimum Gasteiger partial charge on any atom is -0.461 e. The van der Waals surface area contributed by atoms with Crippen LogP contribution >= 0.6 is 0 Å². The first-order chi connectivity index (χ1) is 10.2. The zero-order valence-electron chi connectivity index (χ0n) is 12.2. The molecule has 108 valence electrons. The number of rotatable bonds is 2. The van der Waals surface area contributed by atoms with E-state index >= 15 is 0 Å². The Bertz CT molecular complexity index is 741. The van der Waals surface area contributed by atoms with Gasteiger partial charge in [0.15, 0.2) is 0 Å². The summed E-state index contributed by atoms with van der Waals surface area (Å²) in [6.07, 6.45) is 3.46. The first-order valence-electron chi connectivity index (χ1n) is 7.73. The molecule has 1 aromatic heterocycles. The number of nitrogens with zero attached hydrogens (tertiary/aromatic N) is 1. The van der Waals surface area contributed by atoms with E-state index in [1.165, 1.54) is 6.42 Å². The molecule has 21 heavy (non-hydrogen) atoms. The number of aryl methyl sites for hydroxylation is 1. The summed E-state index contributed by atoms with van der Waals surface area (Å²) in [5.74, 6) is 1.68. The van der Waals surface area contributed by atoms with E-state index in [-0.39, 0.29) is 0 Å². The zero-order chi connectivity index (χ0) is 14.6. The Morgan fingerprint density at radius 1 is 1.38 bits per heavy atom. The topological polar surface area (TPSA) is 57.2 Å². The molecular formula is C18H19NO2. The Kier molecular flexibility index (Phi) is 2.68. The van der Waals surface area contributed by atoms with Crippen LogP contribution in [0.15, 0.2) is 28.7 Å². The van der Waals surface area contributed by atoms with E-state index in [1.807, 2.05) is 31.2 Å². The lowest BCUT2D eigenvalue weighted by atomic mass is 9.68. The van der Waals surface area contributed by atoms with Crippen molar-refractivity contribution in [2.45, 2.75) is 38.7 Å². The van der Waals surface area contributed by atoms with Gasteiger partial charge in [-0.2, -0.15) is 5.26 Å². The van der Waals surface area contributed by atoms with Gasteiger partial charge in [-0.3, -0.25) is 0 Å². The molecule has 0 spiro atoms. The lowest BCUT2D eigenvalue weighted by Crippen LogP contribution is -2.33. The lowest BCUT2D eigenvalue weighted by molar-refractivity contribution is 0.0232. The van der Waals surface area contributed by atoms with Crippen molar-refractivity contribution in [2.24, 2.45) is 17.3 Å². The molecule has 4 atom stereocenters.